The molecule has 0 radical (unpaired) electrons. The lowest BCUT2D eigenvalue weighted by Crippen LogP contribution is -2.27. The second-order valence-electron chi connectivity index (χ2n) is 6.13. The Morgan fingerprint density at radius 3 is 2.05 bits per heavy atom. The Hall–Kier alpha value is -0.600. The molecule has 0 aliphatic carbocycles. The molecule has 3 heteroatoms. The molecule has 1 aromatic heterocycles. The van der Waals surface area contributed by atoms with Crippen LogP contribution in [0.3, 0.4) is 0 Å². The van der Waals surface area contributed by atoms with Gasteiger partial charge in [0, 0.05) is 12.7 Å². The van der Waals surface area contributed by atoms with Gasteiger partial charge in [-0.05, 0) is 49.4 Å². The molecule has 0 unspecified atom stereocenters. The van der Waals surface area contributed by atoms with Crippen LogP contribution >= 0.6 is 11.6 Å². The molecule has 19 heavy (non-hydrogen) atoms. The maximum atomic E-state index is 5.83. The highest BCUT2D eigenvalue weighted by atomic mass is 35.5. The van der Waals surface area contributed by atoms with E-state index in [4.69, 9.17) is 11.6 Å². The van der Waals surface area contributed by atoms with E-state index in [2.05, 4.69) is 43.6 Å². The van der Waals surface area contributed by atoms with Crippen LogP contribution < -0.4 is 0 Å². The monoisotopic (exact) mass is 282 g/mol. The predicted octanol–water partition coefficient (Wildman–Crippen LogP) is 4.63. The highest BCUT2D eigenvalue weighted by Gasteiger charge is 2.08. The summed E-state index contributed by atoms with van der Waals surface area (Å²) in [7, 11) is 0. The second kappa shape index (κ2) is 8.55. The van der Waals surface area contributed by atoms with Gasteiger partial charge in [0.2, 0.25) is 0 Å². The van der Waals surface area contributed by atoms with Crippen LogP contribution in [0.1, 0.15) is 46.1 Å². The highest BCUT2D eigenvalue weighted by molar-refractivity contribution is 6.29. The summed E-state index contributed by atoms with van der Waals surface area (Å²) in [5.74, 6) is 1.51. The largest absolute Gasteiger partial charge is 0.299 e. The normalized spacial score (nSPS) is 11.8. The van der Waals surface area contributed by atoms with E-state index in [1.165, 1.54) is 18.4 Å². The summed E-state index contributed by atoms with van der Waals surface area (Å²) in [4.78, 5) is 6.69. The Morgan fingerprint density at radius 1 is 1.05 bits per heavy atom. The lowest BCUT2D eigenvalue weighted by Gasteiger charge is -2.24. The summed E-state index contributed by atoms with van der Waals surface area (Å²) in [5, 5.41) is 0.569. The van der Waals surface area contributed by atoms with Crippen molar-refractivity contribution < 1.29 is 0 Å². The average molecular weight is 283 g/mol. The highest BCUT2D eigenvalue weighted by Crippen LogP contribution is 2.12. The molecule has 0 atom stereocenters. The molecule has 0 aliphatic rings. The van der Waals surface area contributed by atoms with Gasteiger partial charge in [0.1, 0.15) is 5.15 Å². The van der Waals surface area contributed by atoms with Gasteiger partial charge < -0.3 is 0 Å². The quantitative estimate of drug-likeness (QED) is 0.646. The summed E-state index contributed by atoms with van der Waals surface area (Å²) in [6.45, 7) is 12.4. The molecule has 0 fully saturated rings. The summed E-state index contributed by atoms with van der Waals surface area (Å²) < 4.78 is 0. The van der Waals surface area contributed by atoms with Crippen molar-refractivity contribution in [1.82, 2.24) is 9.88 Å². The third-order valence-electron chi connectivity index (χ3n) is 3.24. The molecule has 0 spiro atoms. The van der Waals surface area contributed by atoms with Gasteiger partial charge in [0.15, 0.2) is 0 Å². The van der Waals surface area contributed by atoms with Crippen LogP contribution in [0.2, 0.25) is 5.15 Å². The first-order valence-electron chi connectivity index (χ1n) is 7.30. The van der Waals surface area contributed by atoms with Crippen molar-refractivity contribution in [3.8, 4) is 0 Å². The fraction of sp³-hybridized carbons (Fsp3) is 0.688. The molecule has 0 aromatic carbocycles. The van der Waals surface area contributed by atoms with Gasteiger partial charge in [-0.2, -0.15) is 0 Å². The van der Waals surface area contributed by atoms with Gasteiger partial charge in [-0.3, -0.25) is 4.90 Å². The Morgan fingerprint density at radius 2 is 1.63 bits per heavy atom. The van der Waals surface area contributed by atoms with Crippen molar-refractivity contribution in [2.24, 2.45) is 11.8 Å². The van der Waals surface area contributed by atoms with E-state index >= 15 is 0 Å². The third kappa shape index (κ3) is 7.54. The first kappa shape index (κ1) is 16.5. The number of aromatic nitrogens is 1. The molecule has 108 valence electrons. The zero-order valence-corrected chi connectivity index (χ0v) is 13.5. The first-order valence-corrected chi connectivity index (χ1v) is 7.68. The van der Waals surface area contributed by atoms with Crippen molar-refractivity contribution in [1.29, 1.82) is 0 Å². The minimum Gasteiger partial charge on any atom is -0.299 e. The molecule has 0 saturated heterocycles. The van der Waals surface area contributed by atoms with Crippen LogP contribution in [-0.2, 0) is 6.54 Å². The maximum absolute atomic E-state index is 5.83. The third-order valence-corrected chi connectivity index (χ3v) is 3.46. The van der Waals surface area contributed by atoms with Gasteiger partial charge in [0.25, 0.3) is 0 Å². The van der Waals surface area contributed by atoms with Crippen LogP contribution in [0.4, 0.5) is 0 Å². The fourth-order valence-corrected chi connectivity index (χ4v) is 2.02. The van der Waals surface area contributed by atoms with Crippen molar-refractivity contribution in [3.63, 3.8) is 0 Å². The van der Waals surface area contributed by atoms with Crippen molar-refractivity contribution in [2.75, 3.05) is 13.1 Å². The molecule has 1 aromatic rings. The van der Waals surface area contributed by atoms with E-state index in [0.717, 1.165) is 31.5 Å². The van der Waals surface area contributed by atoms with E-state index in [-0.39, 0.29) is 0 Å². The predicted molar refractivity (Wildman–Crippen MR) is 83.4 cm³/mol. The molecule has 0 saturated carbocycles. The summed E-state index contributed by atoms with van der Waals surface area (Å²) in [6, 6.07) is 3.95. The Balaban J connectivity index is 2.53. The molecular weight excluding hydrogens is 256 g/mol. The standard InChI is InChI=1S/C16H27ClN2/c1-13(2)7-9-19(10-8-14(3)4)12-15-5-6-16(17)18-11-15/h5-6,11,13-14H,7-10,12H2,1-4H3. The zero-order valence-electron chi connectivity index (χ0n) is 12.7. The van der Waals surface area contributed by atoms with E-state index in [1.807, 2.05) is 12.3 Å². The number of hydrogen-bond acceptors (Lipinski definition) is 2. The lowest BCUT2D eigenvalue weighted by atomic mass is 10.1. The Bertz CT molecular complexity index is 334. The van der Waals surface area contributed by atoms with Crippen LogP contribution in [0.25, 0.3) is 0 Å². The van der Waals surface area contributed by atoms with E-state index in [0.29, 0.717) is 5.15 Å². The van der Waals surface area contributed by atoms with Crippen LogP contribution in [-0.4, -0.2) is 23.0 Å². The molecule has 2 nitrogen and oxygen atoms in total. The number of pyridine rings is 1. The maximum Gasteiger partial charge on any atom is 0.129 e. The Kier molecular flexibility index (Phi) is 7.40. The smallest absolute Gasteiger partial charge is 0.129 e. The topological polar surface area (TPSA) is 16.1 Å². The lowest BCUT2D eigenvalue weighted by molar-refractivity contribution is 0.235. The second-order valence-corrected chi connectivity index (χ2v) is 6.52. The number of halogens is 1. The average Bonchev–Trinajstić information content (AvgIpc) is 2.35. The molecule has 0 bridgehead atoms. The molecule has 0 aliphatic heterocycles. The van der Waals surface area contributed by atoms with Crippen molar-refractivity contribution in [3.05, 3.63) is 29.0 Å². The number of hydrogen-bond donors (Lipinski definition) is 0. The van der Waals surface area contributed by atoms with Gasteiger partial charge in [-0.15, -0.1) is 0 Å². The molecular formula is C16H27ClN2. The number of nitrogens with zero attached hydrogens (tertiary/aromatic N) is 2. The SMILES string of the molecule is CC(C)CCN(CCC(C)C)Cc1ccc(Cl)nc1. The van der Waals surface area contributed by atoms with Crippen LogP contribution in [0.5, 0.6) is 0 Å². The minimum absolute atomic E-state index is 0.569. The Labute approximate surface area is 123 Å². The van der Waals surface area contributed by atoms with Gasteiger partial charge in [-0.1, -0.05) is 45.4 Å². The van der Waals surface area contributed by atoms with Gasteiger partial charge in [0.05, 0.1) is 0 Å². The molecule has 0 N–H and O–H groups in total. The van der Waals surface area contributed by atoms with Crippen LogP contribution in [0.15, 0.2) is 18.3 Å². The van der Waals surface area contributed by atoms with Gasteiger partial charge in [-0.25, -0.2) is 4.98 Å². The summed E-state index contributed by atoms with van der Waals surface area (Å²) in [6.07, 6.45) is 4.39. The first-order chi connectivity index (χ1) is 8.97. The minimum atomic E-state index is 0.569. The van der Waals surface area contributed by atoms with Crippen LogP contribution in [0, 0.1) is 11.8 Å². The summed E-state index contributed by atoms with van der Waals surface area (Å²) in [5.41, 5.74) is 1.25. The van der Waals surface area contributed by atoms with E-state index in [1.54, 1.807) is 0 Å². The van der Waals surface area contributed by atoms with Gasteiger partial charge >= 0.3 is 0 Å². The number of rotatable bonds is 8. The summed E-state index contributed by atoms with van der Waals surface area (Å²) >= 11 is 5.83. The molecule has 1 heterocycles. The molecule has 1 rings (SSSR count). The van der Waals surface area contributed by atoms with Crippen molar-refractivity contribution >= 4 is 11.6 Å². The fourth-order valence-electron chi connectivity index (χ4n) is 1.91. The van der Waals surface area contributed by atoms with E-state index < -0.39 is 0 Å². The zero-order chi connectivity index (χ0) is 14.3. The molecule has 0 amide bonds. The van der Waals surface area contributed by atoms with Crippen molar-refractivity contribution in [2.45, 2.75) is 47.1 Å². The van der Waals surface area contributed by atoms with E-state index in [9.17, 15) is 0 Å².